The summed E-state index contributed by atoms with van der Waals surface area (Å²) in [5.41, 5.74) is 2.02. The summed E-state index contributed by atoms with van der Waals surface area (Å²) in [5, 5.41) is 8.85. The lowest BCUT2D eigenvalue weighted by molar-refractivity contribution is 0.546. The van der Waals surface area contributed by atoms with Gasteiger partial charge in [0.25, 0.3) is 0 Å². The first kappa shape index (κ1) is 11.9. The third-order valence-electron chi connectivity index (χ3n) is 2.44. The molecule has 17 heavy (non-hydrogen) atoms. The number of fused-ring (bicyclic) bond motifs is 1. The summed E-state index contributed by atoms with van der Waals surface area (Å²) in [5.74, 6) is 0. The first-order valence-corrected chi connectivity index (χ1v) is 5.98. The van der Waals surface area contributed by atoms with Crippen molar-refractivity contribution in [2.75, 3.05) is 5.32 Å². The van der Waals surface area contributed by atoms with Gasteiger partial charge in [-0.05, 0) is 40.7 Å². The van der Waals surface area contributed by atoms with Crippen LogP contribution in [0.25, 0.3) is 11.0 Å². The van der Waals surface area contributed by atoms with Crippen LogP contribution < -0.4 is 5.32 Å². The number of hydrogen-bond donors (Lipinski definition) is 1. The second-order valence-electron chi connectivity index (χ2n) is 5.69. The van der Waals surface area contributed by atoms with E-state index >= 15 is 0 Å². The van der Waals surface area contributed by atoms with Crippen molar-refractivity contribution in [1.82, 2.24) is 14.8 Å². The van der Waals surface area contributed by atoms with Gasteiger partial charge in [0.1, 0.15) is 0 Å². The van der Waals surface area contributed by atoms with E-state index < -0.39 is 0 Å². The maximum Gasteiger partial charge on any atom is 0.158 e. The van der Waals surface area contributed by atoms with E-state index in [1.807, 2.05) is 17.1 Å². The summed E-state index contributed by atoms with van der Waals surface area (Å²) in [7, 11) is 0. The Balaban J connectivity index is 2.39. The molecule has 4 heteroatoms. The van der Waals surface area contributed by atoms with E-state index in [2.05, 4.69) is 56.1 Å². The number of rotatable bonds is 2. The maximum atomic E-state index is 4.48. The van der Waals surface area contributed by atoms with Crippen molar-refractivity contribution >= 4 is 16.7 Å². The Morgan fingerprint density at radius 3 is 2.53 bits per heavy atom. The molecule has 0 bridgehead atoms. The molecule has 0 radical (unpaired) electrons. The Morgan fingerprint density at radius 1 is 1.24 bits per heavy atom. The van der Waals surface area contributed by atoms with E-state index in [0.717, 1.165) is 16.7 Å². The van der Waals surface area contributed by atoms with Gasteiger partial charge in [0, 0.05) is 17.0 Å². The predicted octanol–water partition coefficient (Wildman–Crippen LogP) is 3.22. The minimum atomic E-state index is 0.0450. The quantitative estimate of drug-likeness (QED) is 0.864. The molecule has 2 heterocycles. The fourth-order valence-electron chi connectivity index (χ4n) is 1.82. The number of nitrogens with one attached hydrogen (secondary N) is 1. The molecule has 0 aliphatic rings. The molecule has 2 aromatic rings. The van der Waals surface area contributed by atoms with Gasteiger partial charge in [0.15, 0.2) is 5.65 Å². The monoisotopic (exact) mass is 232 g/mol. The van der Waals surface area contributed by atoms with Crippen LogP contribution >= 0.6 is 0 Å². The van der Waals surface area contributed by atoms with Crippen LogP contribution in [-0.2, 0) is 0 Å². The third-order valence-corrected chi connectivity index (χ3v) is 2.44. The lowest BCUT2D eigenvalue weighted by atomic mass is 10.1. The normalized spacial score (nSPS) is 12.4. The summed E-state index contributed by atoms with van der Waals surface area (Å²) in [6.45, 7) is 10.6. The Labute approximate surface area is 102 Å². The van der Waals surface area contributed by atoms with E-state index in [9.17, 15) is 0 Å². The van der Waals surface area contributed by atoms with Gasteiger partial charge in [0.2, 0.25) is 0 Å². The molecule has 2 rings (SSSR count). The third kappa shape index (κ3) is 2.57. The fourth-order valence-corrected chi connectivity index (χ4v) is 1.82. The molecule has 0 spiro atoms. The lowest BCUT2D eigenvalue weighted by Gasteiger charge is -2.21. The van der Waals surface area contributed by atoms with Crippen LogP contribution in [-0.4, -0.2) is 20.3 Å². The smallest absolute Gasteiger partial charge is 0.158 e. The molecule has 0 saturated carbocycles. The van der Waals surface area contributed by atoms with Gasteiger partial charge in [-0.1, -0.05) is 0 Å². The van der Waals surface area contributed by atoms with E-state index in [1.54, 1.807) is 0 Å². The van der Waals surface area contributed by atoms with Crippen LogP contribution in [0.3, 0.4) is 0 Å². The maximum absolute atomic E-state index is 4.48. The molecule has 0 aliphatic carbocycles. The van der Waals surface area contributed by atoms with Crippen molar-refractivity contribution in [3.05, 3.63) is 18.5 Å². The minimum absolute atomic E-state index is 0.0450. The van der Waals surface area contributed by atoms with Gasteiger partial charge in [-0.2, -0.15) is 5.10 Å². The van der Waals surface area contributed by atoms with Gasteiger partial charge in [0.05, 0.1) is 18.1 Å². The van der Waals surface area contributed by atoms with Gasteiger partial charge in [-0.25, -0.2) is 9.67 Å². The molecule has 0 amide bonds. The number of hydrogen-bond acceptors (Lipinski definition) is 3. The van der Waals surface area contributed by atoms with Crippen LogP contribution in [0, 0.1) is 0 Å². The number of pyridine rings is 1. The zero-order valence-corrected chi connectivity index (χ0v) is 11.2. The van der Waals surface area contributed by atoms with Crippen molar-refractivity contribution in [3.8, 4) is 0 Å². The number of nitrogens with zero attached hydrogens (tertiary/aromatic N) is 3. The van der Waals surface area contributed by atoms with Crippen molar-refractivity contribution in [2.45, 2.75) is 46.2 Å². The molecule has 92 valence electrons. The highest BCUT2D eigenvalue weighted by molar-refractivity contribution is 5.78. The predicted molar refractivity (Wildman–Crippen MR) is 71.3 cm³/mol. The Hall–Kier alpha value is -1.58. The van der Waals surface area contributed by atoms with Gasteiger partial charge >= 0.3 is 0 Å². The largest absolute Gasteiger partial charge is 0.379 e. The second-order valence-corrected chi connectivity index (χ2v) is 5.69. The summed E-state index contributed by atoms with van der Waals surface area (Å²) >= 11 is 0. The van der Waals surface area contributed by atoms with Crippen LogP contribution in [0.15, 0.2) is 18.5 Å². The average molecular weight is 232 g/mol. The van der Waals surface area contributed by atoms with Gasteiger partial charge < -0.3 is 5.32 Å². The van der Waals surface area contributed by atoms with E-state index in [4.69, 9.17) is 0 Å². The SMILES string of the molecule is CC(C)n1ncc2cc(NC(C)(C)C)cnc21. The van der Waals surface area contributed by atoms with Crippen molar-refractivity contribution in [3.63, 3.8) is 0 Å². The molecule has 0 atom stereocenters. The molecule has 2 aromatic heterocycles. The van der Waals surface area contributed by atoms with Gasteiger partial charge in [-0.3, -0.25) is 0 Å². The molecule has 4 nitrogen and oxygen atoms in total. The molecule has 0 unspecified atom stereocenters. The Kier molecular flexibility index (Phi) is 2.81. The van der Waals surface area contributed by atoms with Crippen molar-refractivity contribution in [1.29, 1.82) is 0 Å². The highest BCUT2D eigenvalue weighted by atomic mass is 15.3. The highest BCUT2D eigenvalue weighted by Crippen LogP contribution is 2.21. The topological polar surface area (TPSA) is 42.7 Å². The molecular formula is C13H20N4. The van der Waals surface area contributed by atoms with Crippen molar-refractivity contribution in [2.24, 2.45) is 0 Å². The van der Waals surface area contributed by atoms with Crippen molar-refractivity contribution < 1.29 is 0 Å². The van der Waals surface area contributed by atoms with Gasteiger partial charge in [-0.15, -0.1) is 0 Å². The molecule has 0 aliphatic heterocycles. The first-order valence-electron chi connectivity index (χ1n) is 5.98. The summed E-state index contributed by atoms with van der Waals surface area (Å²) in [6.07, 6.45) is 3.74. The fraction of sp³-hybridized carbons (Fsp3) is 0.538. The molecule has 0 saturated heterocycles. The molecule has 1 N–H and O–H groups in total. The standard InChI is InChI=1S/C13H20N4/c1-9(2)17-12-10(7-15-17)6-11(8-14-12)16-13(3,4)5/h6-9,16H,1-5H3. The Morgan fingerprint density at radius 2 is 1.94 bits per heavy atom. The number of aromatic nitrogens is 3. The lowest BCUT2D eigenvalue weighted by Crippen LogP contribution is -2.26. The van der Waals surface area contributed by atoms with E-state index in [0.29, 0.717) is 6.04 Å². The summed E-state index contributed by atoms with van der Waals surface area (Å²) < 4.78 is 1.94. The van der Waals surface area contributed by atoms with Crippen LogP contribution in [0.4, 0.5) is 5.69 Å². The summed E-state index contributed by atoms with van der Waals surface area (Å²) in [6, 6.07) is 2.43. The minimum Gasteiger partial charge on any atom is -0.379 e. The average Bonchev–Trinajstić information content (AvgIpc) is 2.57. The van der Waals surface area contributed by atoms with Crippen LogP contribution in [0.5, 0.6) is 0 Å². The molecular weight excluding hydrogens is 212 g/mol. The van der Waals surface area contributed by atoms with E-state index in [1.165, 1.54) is 0 Å². The zero-order valence-electron chi connectivity index (χ0n) is 11.2. The molecule has 0 fully saturated rings. The van der Waals surface area contributed by atoms with Crippen LogP contribution in [0.2, 0.25) is 0 Å². The van der Waals surface area contributed by atoms with E-state index in [-0.39, 0.29) is 5.54 Å². The number of anilines is 1. The Bertz CT molecular complexity index is 520. The van der Waals surface area contributed by atoms with Crippen LogP contribution in [0.1, 0.15) is 40.7 Å². The second kappa shape index (κ2) is 4.02. The zero-order chi connectivity index (χ0) is 12.6. The summed E-state index contributed by atoms with van der Waals surface area (Å²) in [4.78, 5) is 4.48. The molecule has 0 aromatic carbocycles. The highest BCUT2D eigenvalue weighted by Gasteiger charge is 2.12. The first-order chi connectivity index (χ1) is 7.87.